The first-order valence-electron chi connectivity index (χ1n) is 4.70. The molecular weight excluding hydrogens is 263 g/mol. The van der Waals surface area contributed by atoms with Gasteiger partial charge in [-0.15, -0.1) is 0 Å². The van der Waals surface area contributed by atoms with Crippen LogP contribution in [0.25, 0.3) is 11.3 Å². The van der Waals surface area contributed by atoms with Crippen LogP contribution in [0.1, 0.15) is 0 Å². The fourth-order valence-electron chi connectivity index (χ4n) is 1.40. The van der Waals surface area contributed by atoms with Crippen molar-refractivity contribution in [2.75, 3.05) is 7.11 Å². The third-order valence-electron chi connectivity index (χ3n) is 2.19. The van der Waals surface area contributed by atoms with Gasteiger partial charge < -0.3 is 9.94 Å². The summed E-state index contributed by atoms with van der Waals surface area (Å²) in [6, 6.07) is 3.47. The van der Waals surface area contributed by atoms with Crippen molar-refractivity contribution in [1.82, 2.24) is 4.98 Å². The van der Waals surface area contributed by atoms with Gasteiger partial charge >= 0.3 is 0 Å². The highest BCUT2D eigenvalue weighted by Crippen LogP contribution is 2.32. The van der Waals surface area contributed by atoms with E-state index in [1.807, 2.05) is 0 Å². The summed E-state index contributed by atoms with van der Waals surface area (Å²) in [5.41, 5.74) is 1.12. The number of hydrogen-bond donors (Lipinski definition) is 0. The average molecular weight is 271 g/mol. The SMILES string of the molecule is COc1ccc(-c2c(Cl)c[n+]([O-])cc2Cl)nc1. The van der Waals surface area contributed by atoms with E-state index in [0.29, 0.717) is 21.7 Å². The van der Waals surface area contributed by atoms with Crippen LogP contribution in [0.5, 0.6) is 5.75 Å². The Hall–Kier alpha value is -1.52. The van der Waals surface area contributed by atoms with Crippen LogP contribution in [0.15, 0.2) is 30.7 Å². The lowest BCUT2D eigenvalue weighted by Gasteiger charge is -2.06. The Labute approximate surface area is 108 Å². The third-order valence-corrected chi connectivity index (χ3v) is 2.76. The second-order valence-electron chi connectivity index (χ2n) is 3.27. The van der Waals surface area contributed by atoms with E-state index in [1.54, 1.807) is 25.4 Å². The van der Waals surface area contributed by atoms with E-state index >= 15 is 0 Å². The molecule has 0 aromatic carbocycles. The maximum atomic E-state index is 11.1. The summed E-state index contributed by atoms with van der Waals surface area (Å²) in [6.07, 6.45) is 4.02. The van der Waals surface area contributed by atoms with Gasteiger partial charge in [-0.3, -0.25) is 4.98 Å². The van der Waals surface area contributed by atoms with Crippen LogP contribution in [0.3, 0.4) is 0 Å². The Morgan fingerprint density at radius 3 is 2.35 bits per heavy atom. The molecule has 0 aliphatic heterocycles. The molecule has 2 heterocycles. The molecular formula is C11H8Cl2N2O2. The summed E-state index contributed by atoms with van der Waals surface area (Å²) in [5.74, 6) is 0.635. The van der Waals surface area contributed by atoms with Crippen LogP contribution < -0.4 is 9.47 Å². The molecule has 2 aromatic rings. The summed E-state index contributed by atoms with van der Waals surface area (Å²) < 4.78 is 5.56. The van der Waals surface area contributed by atoms with Gasteiger partial charge in [0.25, 0.3) is 0 Å². The molecule has 4 nitrogen and oxygen atoms in total. The zero-order valence-electron chi connectivity index (χ0n) is 8.85. The van der Waals surface area contributed by atoms with E-state index in [2.05, 4.69) is 4.98 Å². The summed E-state index contributed by atoms with van der Waals surface area (Å²) >= 11 is 11.9. The summed E-state index contributed by atoms with van der Waals surface area (Å²) in [6.45, 7) is 0. The highest BCUT2D eigenvalue weighted by atomic mass is 35.5. The second-order valence-corrected chi connectivity index (χ2v) is 4.09. The highest BCUT2D eigenvalue weighted by Gasteiger charge is 2.14. The first-order valence-corrected chi connectivity index (χ1v) is 5.45. The zero-order valence-corrected chi connectivity index (χ0v) is 10.4. The number of methoxy groups -OCH3 is 1. The molecule has 0 radical (unpaired) electrons. The summed E-state index contributed by atoms with van der Waals surface area (Å²) in [5, 5.41) is 11.6. The molecule has 0 spiro atoms. The maximum Gasteiger partial charge on any atom is 0.199 e. The smallest absolute Gasteiger partial charge is 0.199 e. The molecule has 2 aromatic heterocycles. The maximum absolute atomic E-state index is 11.1. The van der Waals surface area contributed by atoms with Crippen molar-refractivity contribution in [1.29, 1.82) is 0 Å². The largest absolute Gasteiger partial charge is 0.619 e. The van der Waals surface area contributed by atoms with Gasteiger partial charge in [0.2, 0.25) is 0 Å². The van der Waals surface area contributed by atoms with Gasteiger partial charge in [0, 0.05) is 5.56 Å². The molecule has 0 N–H and O–H groups in total. The summed E-state index contributed by atoms with van der Waals surface area (Å²) in [4.78, 5) is 4.17. The van der Waals surface area contributed by atoms with Crippen LogP contribution >= 0.6 is 23.2 Å². The molecule has 17 heavy (non-hydrogen) atoms. The minimum atomic E-state index is 0.255. The zero-order chi connectivity index (χ0) is 12.4. The lowest BCUT2D eigenvalue weighted by molar-refractivity contribution is -0.605. The van der Waals surface area contributed by atoms with Crippen LogP contribution in [0, 0.1) is 5.21 Å². The van der Waals surface area contributed by atoms with Crippen molar-refractivity contribution >= 4 is 23.2 Å². The van der Waals surface area contributed by atoms with E-state index in [1.165, 1.54) is 12.4 Å². The number of nitrogens with zero attached hydrogens (tertiary/aromatic N) is 2. The monoisotopic (exact) mass is 270 g/mol. The number of hydrogen-bond acceptors (Lipinski definition) is 3. The molecule has 88 valence electrons. The number of aromatic nitrogens is 2. The van der Waals surface area contributed by atoms with Gasteiger partial charge in [0.15, 0.2) is 12.4 Å². The van der Waals surface area contributed by atoms with E-state index in [9.17, 15) is 5.21 Å². The Bertz CT molecular complexity index is 521. The van der Waals surface area contributed by atoms with Crippen molar-refractivity contribution in [3.63, 3.8) is 0 Å². The van der Waals surface area contributed by atoms with Crippen molar-refractivity contribution in [2.24, 2.45) is 0 Å². The fourth-order valence-corrected chi connectivity index (χ4v) is 2.04. The molecule has 0 fully saturated rings. The van der Waals surface area contributed by atoms with Crippen LogP contribution in [-0.2, 0) is 0 Å². The predicted molar refractivity (Wildman–Crippen MR) is 65.2 cm³/mol. The third kappa shape index (κ3) is 2.43. The number of pyridine rings is 2. The van der Waals surface area contributed by atoms with E-state index in [0.717, 1.165) is 0 Å². The molecule has 0 saturated heterocycles. The average Bonchev–Trinajstić information content (AvgIpc) is 2.28. The minimum absolute atomic E-state index is 0.255. The van der Waals surface area contributed by atoms with Crippen molar-refractivity contribution in [3.05, 3.63) is 46.0 Å². The van der Waals surface area contributed by atoms with E-state index < -0.39 is 0 Å². The predicted octanol–water partition coefficient (Wildman–Crippen LogP) is 2.70. The lowest BCUT2D eigenvalue weighted by Crippen LogP contribution is -2.24. The van der Waals surface area contributed by atoms with Crippen LogP contribution in [0.4, 0.5) is 0 Å². The minimum Gasteiger partial charge on any atom is -0.619 e. The topological polar surface area (TPSA) is 49.1 Å². The lowest BCUT2D eigenvalue weighted by atomic mass is 10.2. The summed E-state index contributed by atoms with van der Waals surface area (Å²) in [7, 11) is 1.56. The van der Waals surface area contributed by atoms with Gasteiger partial charge in [-0.2, -0.15) is 4.73 Å². The highest BCUT2D eigenvalue weighted by molar-refractivity contribution is 6.38. The van der Waals surface area contributed by atoms with Gasteiger partial charge in [-0.25, -0.2) is 0 Å². The van der Waals surface area contributed by atoms with Gasteiger partial charge in [-0.1, -0.05) is 23.2 Å². The Balaban J connectivity index is 2.52. The molecule has 0 unspecified atom stereocenters. The molecule has 0 aliphatic rings. The first kappa shape index (κ1) is 12.0. The van der Waals surface area contributed by atoms with Gasteiger partial charge in [-0.05, 0) is 12.1 Å². The Morgan fingerprint density at radius 2 is 1.88 bits per heavy atom. The molecule has 2 rings (SSSR count). The molecule has 0 atom stereocenters. The van der Waals surface area contributed by atoms with E-state index in [-0.39, 0.29) is 10.0 Å². The Morgan fingerprint density at radius 1 is 1.24 bits per heavy atom. The molecule has 0 aliphatic carbocycles. The normalized spacial score (nSPS) is 10.3. The number of halogens is 2. The van der Waals surface area contributed by atoms with E-state index in [4.69, 9.17) is 27.9 Å². The van der Waals surface area contributed by atoms with Crippen LogP contribution in [0.2, 0.25) is 10.0 Å². The van der Waals surface area contributed by atoms with Crippen molar-refractivity contribution in [3.8, 4) is 17.0 Å². The number of rotatable bonds is 2. The quantitative estimate of drug-likeness (QED) is 0.623. The molecule has 6 heteroatoms. The number of ether oxygens (including phenoxy) is 1. The van der Waals surface area contributed by atoms with Crippen LogP contribution in [-0.4, -0.2) is 12.1 Å². The fraction of sp³-hybridized carbons (Fsp3) is 0.0909. The molecule has 0 bridgehead atoms. The van der Waals surface area contributed by atoms with Crippen molar-refractivity contribution < 1.29 is 9.47 Å². The first-order chi connectivity index (χ1) is 8.11. The molecule has 0 amide bonds. The molecule has 0 saturated carbocycles. The second kappa shape index (κ2) is 4.77. The van der Waals surface area contributed by atoms with Gasteiger partial charge in [0.05, 0.1) is 19.0 Å². The van der Waals surface area contributed by atoms with Gasteiger partial charge in [0.1, 0.15) is 15.8 Å². The standard InChI is InChI=1S/C11H8Cl2N2O2/c1-17-7-2-3-10(14-4-7)11-8(12)5-15(16)6-9(11)13/h2-6H,1H3. The Kier molecular flexibility index (Phi) is 3.36. The van der Waals surface area contributed by atoms with Crippen molar-refractivity contribution in [2.45, 2.75) is 0 Å².